The van der Waals surface area contributed by atoms with Crippen LogP contribution in [0, 0.1) is 27.7 Å². The van der Waals surface area contributed by atoms with E-state index in [-0.39, 0.29) is 10.8 Å². The SMILES string of the molecule is CC.CC.CC.CC.CC.CC.CC.CCc1cc(C)cc(C)c1.CCc1cc(C)cc(C)c1.c1ccc(C2(c3ccccc3)c3ccccc3-c3cc4c5ccccc5c5ccccc5c4cc32)cc1.c1ccc(C2(c3ccccc3)c3ccccc3-c3ccc4c(ccc5ccccc54)c32)cc1. The Bertz CT molecular complexity index is 4940. The van der Waals surface area contributed by atoms with Gasteiger partial charge >= 0.3 is 0 Å². The molecule has 0 saturated heterocycles. The second-order valence-corrected chi connectivity index (χ2v) is 24.7. The van der Waals surface area contributed by atoms with Crippen molar-refractivity contribution in [2.75, 3.05) is 0 Å². The number of hydrogen-bond donors (Lipinski definition) is 0. The number of hydrogen-bond acceptors (Lipinski definition) is 0. The molecule has 0 fully saturated rings. The van der Waals surface area contributed by atoms with Crippen molar-refractivity contribution in [3.05, 3.63) is 393 Å². The van der Waals surface area contributed by atoms with E-state index < -0.39 is 0 Å². The van der Waals surface area contributed by atoms with E-state index in [2.05, 4.69) is 357 Å². The molecule has 0 atom stereocenters. The smallest absolute Gasteiger partial charge is 0.0683 e. The Kier molecular flexibility index (Phi) is 31.0. The number of rotatable bonds is 6. The molecule has 0 bridgehead atoms. The maximum absolute atomic E-state index is 2.50. The highest BCUT2D eigenvalue weighted by atomic mass is 14.5. The summed E-state index contributed by atoms with van der Waals surface area (Å²) in [5, 5.41) is 13.1. The molecule has 2 aliphatic carbocycles. The summed E-state index contributed by atoms with van der Waals surface area (Å²) in [6, 6.07) is 116. The van der Waals surface area contributed by atoms with E-state index in [0.717, 1.165) is 12.8 Å². The van der Waals surface area contributed by atoms with Crippen LogP contribution in [0.4, 0.5) is 0 Å². The van der Waals surface area contributed by atoms with Crippen LogP contribution in [0.15, 0.2) is 315 Å². The minimum Gasteiger partial charge on any atom is -0.0683 e. The molecule has 0 heterocycles. The van der Waals surface area contributed by atoms with Gasteiger partial charge in [-0.3, -0.25) is 0 Å². The standard InChI is InChI=1S/C37H24.C33H22.2C10H14.7C2H6/c1-3-13-25(14-4-1)37(26-15-5-2-6-16-26)35-22-12-11-21-31(35)34-23-32-29-19-9-7-17-27(29)28-18-8-10-20-30(28)33(32)24-36(34)37;1-3-12-24(13-4-1)33(25-14-5-2-6-15-25)31-18-10-9-17-28(31)30-22-21-27-26-16-8-7-11-23(26)19-20-29(27)32(30)33;2*1-4-10-6-8(2)5-9(3)7-10;7*1-2/h1-24H;1-22H;2*5-7H,4H2,1-3H3;7*1-2H3. The Balaban J connectivity index is 0.000000205. The van der Waals surface area contributed by atoms with Gasteiger partial charge in [-0.1, -0.05) is 436 Å². The molecule has 0 spiro atoms. The van der Waals surface area contributed by atoms with E-state index in [1.165, 1.54) is 154 Å². The maximum atomic E-state index is 2.50. The summed E-state index contributed by atoms with van der Waals surface area (Å²) in [4.78, 5) is 0. The summed E-state index contributed by atoms with van der Waals surface area (Å²) in [7, 11) is 0. The second kappa shape index (κ2) is 39.9. The minimum atomic E-state index is -0.380. The van der Waals surface area contributed by atoms with Gasteiger partial charge in [-0.05, 0) is 184 Å². The van der Waals surface area contributed by atoms with E-state index in [1.807, 2.05) is 96.9 Å². The van der Waals surface area contributed by atoms with Crippen LogP contribution in [-0.4, -0.2) is 0 Å². The Morgan fingerprint density at radius 3 is 0.904 bits per heavy atom. The van der Waals surface area contributed by atoms with Crippen LogP contribution in [0.2, 0.25) is 0 Å². The number of aryl methyl sites for hydroxylation is 6. The Hall–Kier alpha value is -10.4. The van der Waals surface area contributed by atoms with Crippen LogP contribution in [-0.2, 0) is 23.7 Å². The van der Waals surface area contributed by atoms with Gasteiger partial charge in [0.05, 0.1) is 10.8 Å². The predicted octanol–water partition coefficient (Wildman–Crippen LogP) is 30.8. The van der Waals surface area contributed by atoms with Gasteiger partial charge in [-0.2, -0.15) is 0 Å². The quantitative estimate of drug-likeness (QED) is 0.146. The molecule has 0 saturated carbocycles. The summed E-state index contributed by atoms with van der Waals surface area (Å²) in [5.74, 6) is 0. The molecule has 0 radical (unpaired) electrons. The van der Waals surface area contributed by atoms with Gasteiger partial charge in [0, 0.05) is 0 Å². The fourth-order valence-corrected chi connectivity index (χ4v) is 15.4. The topological polar surface area (TPSA) is 0 Å². The molecule has 0 N–H and O–H groups in total. The first-order valence-electron chi connectivity index (χ1n) is 39.1. The Morgan fingerprint density at radius 1 is 0.202 bits per heavy atom. The maximum Gasteiger partial charge on any atom is 0.0719 e. The monoisotopic (exact) mass is 1360 g/mol. The average Bonchev–Trinajstić information content (AvgIpc) is 1.52. The zero-order chi connectivity index (χ0) is 75.3. The minimum absolute atomic E-state index is 0.365. The lowest BCUT2D eigenvalue weighted by Crippen LogP contribution is -2.28. The molecule has 15 aromatic carbocycles. The van der Waals surface area contributed by atoms with Crippen LogP contribution in [0.5, 0.6) is 0 Å². The molecule has 104 heavy (non-hydrogen) atoms. The summed E-state index contributed by atoms with van der Waals surface area (Å²) in [5.41, 5.74) is 23.6. The van der Waals surface area contributed by atoms with Crippen LogP contribution < -0.4 is 0 Å². The highest BCUT2D eigenvalue weighted by molar-refractivity contribution is 6.26. The Morgan fingerprint density at radius 2 is 0.500 bits per heavy atom. The molecule has 15 aromatic rings. The van der Waals surface area contributed by atoms with Gasteiger partial charge in [-0.25, -0.2) is 0 Å². The van der Waals surface area contributed by atoms with E-state index in [9.17, 15) is 0 Å². The molecular formula is C104H116. The summed E-state index contributed by atoms with van der Waals surface area (Å²) < 4.78 is 0. The molecule has 0 heteroatoms. The zero-order valence-electron chi connectivity index (χ0n) is 66.4. The van der Waals surface area contributed by atoms with Crippen molar-refractivity contribution in [1.29, 1.82) is 0 Å². The second-order valence-electron chi connectivity index (χ2n) is 24.7. The zero-order valence-corrected chi connectivity index (χ0v) is 66.4. The van der Waals surface area contributed by atoms with Crippen molar-refractivity contribution in [3.63, 3.8) is 0 Å². The van der Waals surface area contributed by atoms with Crippen molar-refractivity contribution in [2.45, 2.75) is 162 Å². The van der Waals surface area contributed by atoms with Crippen molar-refractivity contribution in [2.24, 2.45) is 0 Å². The lowest BCUT2D eigenvalue weighted by molar-refractivity contribution is 0.769. The van der Waals surface area contributed by atoms with Crippen molar-refractivity contribution >= 4 is 53.9 Å². The van der Waals surface area contributed by atoms with E-state index in [0.29, 0.717) is 0 Å². The normalized spacial score (nSPS) is 11.5. The third-order valence-electron chi connectivity index (χ3n) is 19.0. The molecular weight excluding hydrogens is 1250 g/mol. The van der Waals surface area contributed by atoms with Gasteiger partial charge in [-0.15, -0.1) is 0 Å². The number of fused-ring (bicyclic) bond motifs is 16. The molecule has 17 rings (SSSR count). The highest BCUT2D eigenvalue weighted by Crippen LogP contribution is 2.60. The van der Waals surface area contributed by atoms with E-state index in [4.69, 9.17) is 0 Å². The lowest BCUT2D eigenvalue weighted by Gasteiger charge is -2.34. The highest BCUT2D eigenvalue weighted by Gasteiger charge is 2.48. The molecule has 0 amide bonds. The van der Waals surface area contributed by atoms with Crippen LogP contribution in [0.25, 0.3) is 76.1 Å². The van der Waals surface area contributed by atoms with Gasteiger partial charge in [0.15, 0.2) is 0 Å². The van der Waals surface area contributed by atoms with Crippen LogP contribution in [0.1, 0.15) is 189 Å². The van der Waals surface area contributed by atoms with Crippen molar-refractivity contribution in [3.8, 4) is 22.3 Å². The third kappa shape index (κ3) is 16.3. The first-order chi connectivity index (χ1) is 51.2. The van der Waals surface area contributed by atoms with Crippen molar-refractivity contribution in [1.82, 2.24) is 0 Å². The van der Waals surface area contributed by atoms with Gasteiger partial charge < -0.3 is 0 Å². The first kappa shape index (κ1) is 80.9. The largest absolute Gasteiger partial charge is 0.0719 e. The average molecular weight is 1370 g/mol. The lowest BCUT2D eigenvalue weighted by atomic mass is 9.66. The van der Waals surface area contributed by atoms with Gasteiger partial charge in [0.25, 0.3) is 0 Å². The van der Waals surface area contributed by atoms with Gasteiger partial charge in [0.2, 0.25) is 0 Å². The third-order valence-corrected chi connectivity index (χ3v) is 19.0. The predicted molar refractivity (Wildman–Crippen MR) is 465 cm³/mol. The molecule has 0 aliphatic heterocycles. The fourth-order valence-electron chi connectivity index (χ4n) is 15.4. The van der Waals surface area contributed by atoms with Gasteiger partial charge in [0.1, 0.15) is 0 Å². The molecule has 0 nitrogen and oxygen atoms in total. The summed E-state index contributed by atoms with van der Waals surface area (Å²) in [6.07, 6.45) is 2.28. The fraction of sp³-hybridized carbons (Fsp3) is 0.231. The Labute approximate surface area is 627 Å². The van der Waals surface area contributed by atoms with Crippen LogP contribution in [0.3, 0.4) is 0 Å². The first-order valence-corrected chi connectivity index (χ1v) is 39.1. The van der Waals surface area contributed by atoms with Crippen LogP contribution >= 0.6 is 0 Å². The molecule has 0 aromatic heterocycles. The summed E-state index contributed by atoms with van der Waals surface area (Å²) >= 11 is 0. The van der Waals surface area contributed by atoms with Crippen molar-refractivity contribution < 1.29 is 0 Å². The van der Waals surface area contributed by atoms with E-state index >= 15 is 0 Å². The summed E-state index contributed by atoms with van der Waals surface area (Å²) in [6.45, 7) is 41.0. The van der Waals surface area contributed by atoms with E-state index in [1.54, 1.807) is 0 Å². The molecule has 0 unspecified atom stereocenters. The molecule has 532 valence electrons. The molecule has 2 aliphatic rings. The number of benzene rings is 15.